The van der Waals surface area contributed by atoms with Gasteiger partial charge in [0.25, 0.3) is 0 Å². The summed E-state index contributed by atoms with van der Waals surface area (Å²) in [5, 5.41) is 5.57. The Labute approximate surface area is 153 Å². The smallest absolute Gasteiger partial charge is 0.138 e. The first kappa shape index (κ1) is 18.2. The van der Waals surface area contributed by atoms with Crippen molar-refractivity contribution in [2.45, 2.75) is 32.9 Å². The standard InChI is InChI=1S/C19H27N3O2S/c1-14(2)21-19(18-5-4-12-25-18)20-13-16(17-7-6-15(3)24-17)22-8-10-23-11-9-22/h4-7,12,14,16H,8-11,13H2,1-3H3,(H,20,21)/t16-/m0/s1. The van der Waals surface area contributed by atoms with Crippen molar-refractivity contribution in [1.82, 2.24) is 10.2 Å². The largest absolute Gasteiger partial charge is 0.465 e. The van der Waals surface area contributed by atoms with Crippen LogP contribution >= 0.6 is 11.3 Å². The second kappa shape index (κ2) is 8.65. The summed E-state index contributed by atoms with van der Waals surface area (Å²) in [5.41, 5.74) is 0. The summed E-state index contributed by atoms with van der Waals surface area (Å²) in [5.74, 6) is 2.89. The minimum Gasteiger partial charge on any atom is -0.465 e. The lowest BCUT2D eigenvalue weighted by molar-refractivity contribution is 0.0135. The fourth-order valence-corrected chi connectivity index (χ4v) is 3.66. The number of nitrogens with one attached hydrogen (secondary N) is 1. The molecule has 2 aromatic rings. The molecular formula is C19H27N3O2S. The Morgan fingerprint density at radius 3 is 2.68 bits per heavy atom. The Morgan fingerprint density at radius 2 is 2.08 bits per heavy atom. The third-order valence-electron chi connectivity index (χ3n) is 4.18. The number of aliphatic imine (C=N–C) groups is 1. The number of hydrogen-bond donors (Lipinski definition) is 1. The zero-order valence-corrected chi connectivity index (χ0v) is 16.0. The van der Waals surface area contributed by atoms with Gasteiger partial charge < -0.3 is 14.5 Å². The first-order chi connectivity index (χ1) is 12.1. The van der Waals surface area contributed by atoms with Crippen LogP contribution in [0.15, 0.2) is 39.1 Å². The summed E-state index contributed by atoms with van der Waals surface area (Å²) in [6, 6.07) is 8.76. The predicted molar refractivity (Wildman–Crippen MR) is 103 cm³/mol. The van der Waals surface area contributed by atoms with Gasteiger partial charge in [0.05, 0.1) is 30.7 Å². The Bertz CT molecular complexity index is 673. The van der Waals surface area contributed by atoms with Crippen molar-refractivity contribution in [3.63, 3.8) is 0 Å². The molecule has 6 heteroatoms. The molecule has 1 fully saturated rings. The maximum Gasteiger partial charge on any atom is 0.138 e. The molecule has 0 saturated carbocycles. The Hall–Kier alpha value is -1.63. The number of morpholine rings is 1. The van der Waals surface area contributed by atoms with Crippen molar-refractivity contribution in [2.24, 2.45) is 4.99 Å². The molecular weight excluding hydrogens is 334 g/mol. The summed E-state index contributed by atoms with van der Waals surface area (Å²) >= 11 is 1.71. The molecule has 0 aliphatic carbocycles. The van der Waals surface area contributed by atoms with Crippen LogP contribution in [-0.4, -0.2) is 49.6 Å². The van der Waals surface area contributed by atoms with Crippen LogP contribution in [0.5, 0.6) is 0 Å². The molecule has 0 aromatic carbocycles. The van der Waals surface area contributed by atoms with Crippen molar-refractivity contribution in [3.8, 4) is 0 Å². The number of ether oxygens (including phenoxy) is 1. The van der Waals surface area contributed by atoms with Gasteiger partial charge in [0, 0.05) is 19.1 Å². The van der Waals surface area contributed by atoms with Crippen LogP contribution in [0.1, 0.15) is 36.3 Å². The highest BCUT2D eigenvalue weighted by molar-refractivity contribution is 7.12. The lowest BCUT2D eigenvalue weighted by Crippen LogP contribution is -2.40. The van der Waals surface area contributed by atoms with Gasteiger partial charge in [-0.05, 0) is 44.4 Å². The van der Waals surface area contributed by atoms with E-state index in [1.165, 1.54) is 4.88 Å². The van der Waals surface area contributed by atoms with Gasteiger partial charge in [-0.3, -0.25) is 9.89 Å². The molecule has 1 aliphatic heterocycles. The normalized spacial score (nSPS) is 17.8. The number of thiophene rings is 1. The van der Waals surface area contributed by atoms with E-state index in [4.69, 9.17) is 14.1 Å². The number of nitrogens with zero attached hydrogens (tertiary/aromatic N) is 2. The van der Waals surface area contributed by atoms with Gasteiger partial charge in [0.2, 0.25) is 0 Å². The van der Waals surface area contributed by atoms with E-state index in [2.05, 4.69) is 47.6 Å². The molecule has 1 saturated heterocycles. The molecule has 0 bridgehead atoms. The van der Waals surface area contributed by atoms with Gasteiger partial charge in [-0.25, -0.2) is 0 Å². The fourth-order valence-electron chi connectivity index (χ4n) is 2.97. The summed E-state index contributed by atoms with van der Waals surface area (Å²) in [6.45, 7) is 10.3. The van der Waals surface area contributed by atoms with Gasteiger partial charge in [-0.15, -0.1) is 11.3 Å². The summed E-state index contributed by atoms with van der Waals surface area (Å²) in [4.78, 5) is 8.52. The predicted octanol–water partition coefficient (Wildman–Crippen LogP) is 3.47. The molecule has 0 amide bonds. The molecule has 1 atom stereocenters. The molecule has 5 nitrogen and oxygen atoms in total. The maximum absolute atomic E-state index is 5.93. The number of rotatable bonds is 6. The van der Waals surface area contributed by atoms with E-state index < -0.39 is 0 Å². The maximum atomic E-state index is 5.93. The molecule has 2 aromatic heterocycles. The van der Waals surface area contributed by atoms with Gasteiger partial charge in [0.15, 0.2) is 0 Å². The van der Waals surface area contributed by atoms with Gasteiger partial charge in [0.1, 0.15) is 17.4 Å². The van der Waals surface area contributed by atoms with Crippen molar-refractivity contribution < 1.29 is 9.15 Å². The molecule has 0 spiro atoms. The monoisotopic (exact) mass is 361 g/mol. The lowest BCUT2D eigenvalue weighted by Gasteiger charge is -2.32. The van der Waals surface area contributed by atoms with Crippen molar-refractivity contribution >= 4 is 17.2 Å². The van der Waals surface area contributed by atoms with Crippen LogP contribution < -0.4 is 5.32 Å². The third kappa shape index (κ3) is 4.93. The first-order valence-corrected chi connectivity index (χ1v) is 9.74. The minimum absolute atomic E-state index is 0.140. The molecule has 0 unspecified atom stereocenters. The molecule has 3 heterocycles. The summed E-state index contributed by atoms with van der Waals surface area (Å²) < 4.78 is 11.4. The van der Waals surface area contributed by atoms with Gasteiger partial charge in [-0.2, -0.15) is 0 Å². The van der Waals surface area contributed by atoms with E-state index in [1.807, 2.05) is 13.0 Å². The minimum atomic E-state index is 0.140. The Morgan fingerprint density at radius 1 is 1.28 bits per heavy atom. The van der Waals surface area contributed by atoms with E-state index in [0.29, 0.717) is 12.6 Å². The van der Waals surface area contributed by atoms with Crippen LogP contribution in [0, 0.1) is 6.92 Å². The topological polar surface area (TPSA) is 50.0 Å². The van der Waals surface area contributed by atoms with Crippen LogP contribution in [-0.2, 0) is 4.74 Å². The zero-order valence-electron chi connectivity index (χ0n) is 15.2. The van der Waals surface area contributed by atoms with E-state index in [0.717, 1.165) is 43.7 Å². The van der Waals surface area contributed by atoms with Gasteiger partial charge >= 0.3 is 0 Å². The highest BCUT2D eigenvalue weighted by Crippen LogP contribution is 2.24. The highest BCUT2D eigenvalue weighted by atomic mass is 32.1. The third-order valence-corrected chi connectivity index (χ3v) is 5.05. The molecule has 136 valence electrons. The Kier molecular flexibility index (Phi) is 6.29. The molecule has 3 rings (SSSR count). The van der Waals surface area contributed by atoms with Crippen molar-refractivity contribution in [3.05, 3.63) is 46.0 Å². The second-order valence-electron chi connectivity index (χ2n) is 6.58. The zero-order chi connectivity index (χ0) is 17.6. The summed E-state index contributed by atoms with van der Waals surface area (Å²) in [6.07, 6.45) is 0. The SMILES string of the molecule is Cc1ccc([C@H](CN=C(NC(C)C)c2cccs2)N2CCOCC2)o1. The molecule has 1 N–H and O–H groups in total. The van der Waals surface area contributed by atoms with Crippen molar-refractivity contribution in [1.29, 1.82) is 0 Å². The van der Waals surface area contributed by atoms with E-state index in [-0.39, 0.29) is 6.04 Å². The van der Waals surface area contributed by atoms with Crippen LogP contribution in [0.4, 0.5) is 0 Å². The number of hydrogen-bond acceptors (Lipinski definition) is 5. The number of aryl methyl sites for hydroxylation is 1. The quantitative estimate of drug-likeness (QED) is 0.632. The van der Waals surface area contributed by atoms with Crippen LogP contribution in [0.2, 0.25) is 0 Å². The summed E-state index contributed by atoms with van der Waals surface area (Å²) in [7, 11) is 0. The van der Waals surface area contributed by atoms with E-state index in [1.54, 1.807) is 11.3 Å². The molecule has 1 aliphatic rings. The van der Waals surface area contributed by atoms with E-state index in [9.17, 15) is 0 Å². The molecule has 0 radical (unpaired) electrons. The first-order valence-electron chi connectivity index (χ1n) is 8.86. The van der Waals surface area contributed by atoms with Crippen LogP contribution in [0.3, 0.4) is 0 Å². The average molecular weight is 362 g/mol. The number of furan rings is 1. The average Bonchev–Trinajstić information content (AvgIpc) is 3.27. The van der Waals surface area contributed by atoms with Crippen molar-refractivity contribution in [2.75, 3.05) is 32.8 Å². The second-order valence-corrected chi connectivity index (χ2v) is 7.53. The lowest BCUT2D eigenvalue weighted by atomic mass is 10.1. The van der Waals surface area contributed by atoms with Crippen LogP contribution in [0.25, 0.3) is 0 Å². The highest BCUT2D eigenvalue weighted by Gasteiger charge is 2.25. The molecule has 25 heavy (non-hydrogen) atoms. The van der Waals surface area contributed by atoms with E-state index >= 15 is 0 Å². The Balaban J connectivity index is 1.82. The van der Waals surface area contributed by atoms with Gasteiger partial charge in [-0.1, -0.05) is 6.07 Å². The number of amidine groups is 1. The fraction of sp³-hybridized carbons (Fsp3) is 0.526.